The minimum absolute atomic E-state index is 0.0456. The van der Waals surface area contributed by atoms with Crippen molar-refractivity contribution in [3.8, 4) is 5.75 Å². The first kappa shape index (κ1) is 10.8. The number of benzene rings is 2. The maximum atomic E-state index is 10.8. The normalized spacial score (nSPS) is 10.4. The molecule has 1 N–H and O–H groups in total. The monoisotopic (exact) mass is 234 g/mol. The molecule has 0 heterocycles. The fraction of sp³-hybridized carbons (Fsp3) is 0. The summed E-state index contributed by atoms with van der Waals surface area (Å²) in [7, 11) is 0. The van der Waals surface area contributed by atoms with Crippen LogP contribution in [0.25, 0.3) is 10.8 Å². The van der Waals surface area contributed by atoms with Gasteiger partial charge in [0, 0.05) is 23.6 Å². The molecule has 0 aliphatic heterocycles. The van der Waals surface area contributed by atoms with Gasteiger partial charge in [0.25, 0.3) is 11.4 Å². The summed E-state index contributed by atoms with van der Waals surface area (Å²) in [5, 5.41) is 31.1. The first-order valence-electron chi connectivity index (χ1n) is 4.55. The van der Waals surface area contributed by atoms with Crippen LogP contribution in [0, 0.1) is 20.2 Å². The largest absolute Gasteiger partial charge is 0.507 e. The first-order chi connectivity index (χ1) is 8.00. The number of nitrogens with zero attached hydrogens (tertiary/aromatic N) is 2. The van der Waals surface area contributed by atoms with Gasteiger partial charge in [0.2, 0.25) is 0 Å². The van der Waals surface area contributed by atoms with Crippen molar-refractivity contribution >= 4 is 22.1 Å². The van der Waals surface area contributed by atoms with Gasteiger partial charge in [0.05, 0.1) is 15.2 Å². The Balaban J connectivity index is 2.85. The third-order valence-corrected chi connectivity index (χ3v) is 2.36. The minimum Gasteiger partial charge on any atom is -0.507 e. The van der Waals surface area contributed by atoms with E-state index in [0.717, 1.165) is 12.1 Å². The number of phenolic OH excluding ortho intramolecular Hbond substituents is 1. The predicted molar refractivity (Wildman–Crippen MR) is 58.9 cm³/mol. The standard InChI is InChI=1S/C10H6N2O5/c13-10-4-3-9(12(16)17)8-5-6(11(14)15)1-2-7(8)10/h1-5,13H. The molecule has 7 heteroatoms. The molecule has 0 aliphatic rings. The van der Waals surface area contributed by atoms with Gasteiger partial charge in [-0.1, -0.05) is 0 Å². The van der Waals surface area contributed by atoms with E-state index in [9.17, 15) is 25.3 Å². The number of nitro groups is 2. The van der Waals surface area contributed by atoms with Crippen LogP contribution in [0.5, 0.6) is 5.75 Å². The zero-order valence-electron chi connectivity index (χ0n) is 8.36. The van der Waals surface area contributed by atoms with E-state index >= 15 is 0 Å². The van der Waals surface area contributed by atoms with Gasteiger partial charge in [-0.2, -0.15) is 0 Å². The molecule has 2 aromatic rings. The van der Waals surface area contributed by atoms with Crippen molar-refractivity contribution < 1.29 is 15.0 Å². The zero-order chi connectivity index (χ0) is 12.6. The molecule has 0 saturated heterocycles. The Hall–Kier alpha value is -2.70. The number of aromatic hydroxyl groups is 1. The molecular formula is C10H6N2O5. The van der Waals surface area contributed by atoms with Crippen LogP contribution >= 0.6 is 0 Å². The second kappa shape index (κ2) is 3.71. The smallest absolute Gasteiger partial charge is 0.277 e. The molecule has 0 unspecified atom stereocenters. The van der Waals surface area contributed by atoms with Crippen molar-refractivity contribution in [1.29, 1.82) is 0 Å². The Labute approximate surface area is 94.2 Å². The van der Waals surface area contributed by atoms with E-state index in [4.69, 9.17) is 0 Å². The molecule has 0 spiro atoms. The third-order valence-electron chi connectivity index (χ3n) is 2.36. The molecule has 0 saturated carbocycles. The Morgan fingerprint density at radius 2 is 1.65 bits per heavy atom. The van der Waals surface area contributed by atoms with Crippen molar-refractivity contribution in [3.05, 3.63) is 50.6 Å². The summed E-state index contributed by atoms with van der Waals surface area (Å²) in [5.41, 5.74) is -0.535. The lowest BCUT2D eigenvalue weighted by Gasteiger charge is -2.01. The van der Waals surface area contributed by atoms with Gasteiger partial charge in [0.15, 0.2) is 0 Å². The van der Waals surface area contributed by atoms with Crippen molar-refractivity contribution in [3.63, 3.8) is 0 Å². The van der Waals surface area contributed by atoms with Crippen LogP contribution in [0.4, 0.5) is 11.4 Å². The SMILES string of the molecule is O=[N+]([O-])c1ccc2c(O)ccc([N+](=O)[O-])c2c1. The van der Waals surface area contributed by atoms with E-state index in [-0.39, 0.29) is 27.9 Å². The number of phenols is 1. The van der Waals surface area contributed by atoms with Crippen LogP contribution in [-0.4, -0.2) is 15.0 Å². The van der Waals surface area contributed by atoms with Crippen molar-refractivity contribution in [2.75, 3.05) is 0 Å². The van der Waals surface area contributed by atoms with Crippen molar-refractivity contribution in [2.45, 2.75) is 0 Å². The Kier molecular flexibility index (Phi) is 2.36. The Bertz CT molecular complexity index is 638. The van der Waals surface area contributed by atoms with E-state index in [1.807, 2.05) is 0 Å². The highest BCUT2D eigenvalue weighted by Crippen LogP contribution is 2.34. The number of hydrogen-bond acceptors (Lipinski definition) is 5. The summed E-state index contributed by atoms with van der Waals surface area (Å²) < 4.78 is 0. The second-order valence-electron chi connectivity index (χ2n) is 3.35. The fourth-order valence-electron chi connectivity index (χ4n) is 1.58. The molecule has 0 atom stereocenters. The van der Waals surface area contributed by atoms with E-state index < -0.39 is 9.85 Å². The quantitative estimate of drug-likeness (QED) is 0.633. The molecule has 86 valence electrons. The highest BCUT2D eigenvalue weighted by Gasteiger charge is 2.17. The maximum Gasteiger partial charge on any atom is 0.277 e. The van der Waals surface area contributed by atoms with Crippen LogP contribution in [0.2, 0.25) is 0 Å². The lowest BCUT2D eigenvalue weighted by atomic mass is 10.1. The molecule has 2 rings (SSSR count). The summed E-state index contributed by atoms with van der Waals surface area (Å²) >= 11 is 0. The summed E-state index contributed by atoms with van der Waals surface area (Å²) in [5.74, 6) is -0.152. The van der Waals surface area contributed by atoms with Crippen molar-refractivity contribution in [2.24, 2.45) is 0 Å². The molecule has 0 fully saturated rings. The summed E-state index contributed by atoms with van der Waals surface area (Å²) in [6, 6.07) is 5.85. The van der Waals surface area contributed by atoms with Gasteiger partial charge in [-0.25, -0.2) is 0 Å². The molecule has 0 amide bonds. The first-order valence-corrected chi connectivity index (χ1v) is 4.55. The highest BCUT2D eigenvalue weighted by molar-refractivity contribution is 5.96. The van der Waals surface area contributed by atoms with Gasteiger partial charge in [-0.05, 0) is 12.1 Å². The lowest BCUT2D eigenvalue weighted by molar-refractivity contribution is -0.386. The molecule has 0 bridgehead atoms. The van der Waals surface area contributed by atoms with Gasteiger partial charge in [-0.3, -0.25) is 20.2 Å². The average Bonchev–Trinajstić information content (AvgIpc) is 2.28. The van der Waals surface area contributed by atoms with E-state index in [1.165, 1.54) is 18.2 Å². The van der Waals surface area contributed by atoms with E-state index in [0.29, 0.717) is 0 Å². The van der Waals surface area contributed by atoms with Crippen molar-refractivity contribution in [1.82, 2.24) is 0 Å². The van der Waals surface area contributed by atoms with Crippen LogP contribution < -0.4 is 0 Å². The van der Waals surface area contributed by atoms with Crippen LogP contribution in [-0.2, 0) is 0 Å². The molecule has 7 nitrogen and oxygen atoms in total. The van der Waals surface area contributed by atoms with Gasteiger partial charge >= 0.3 is 0 Å². The number of nitro benzene ring substituents is 2. The van der Waals surface area contributed by atoms with Crippen LogP contribution in [0.1, 0.15) is 0 Å². The number of hydrogen-bond donors (Lipinski definition) is 1. The number of non-ortho nitro benzene ring substituents is 2. The van der Waals surface area contributed by atoms with Crippen LogP contribution in [0.3, 0.4) is 0 Å². The maximum absolute atomic E-state index is 10.8. The molecule has 2 aromatic carbocycles. The lowest BCUT2D eigenvalue weighted by Crippen LogP contribution is -1.92. The Morgan fingerprint density at radius 3 is 2.24 bits per heavy atom. The fourth-order valence-corrected chi connectivity index (χ4v) is 1.58. The average molecular weight is 234 g/mol. The number of rotatable bonds is 2. The summed E-state index contributed by atoms with van der Waals surface area (Å²) in [6.07, 6.45) is 0. The van der Waals surface area contributed by atoms with Crippen LogP contribution in [0.15, 0.2) is 30.3 Å². The highest BCUT2D eigenvalue weighted by atomic mass is 16.6. The van der Waals surface area contributed by atoms with Gasteiger partial charge in [0.1, 0.15) is 5.75 Å². The molecule has 17 heavy (non-hydrogen) atoms. The summed E-state index contributed by atoms with van der Waals surface area (Å²) in [6.45, 7) is 0. The molecule has 0 aliphatic carbocycles. The number of fused-ring (bicyclic) bond motifs is 1. The molecule has 0 aromatic heterocycles. The minimum atomic E-state index is -0.647. The van der Waals surface area contributed by atoms with E-state index in [2.05, 4.69) is 0 Å². The third kappa shape index (κ3) is 1.73. The second-order valence-corrected chi connectivity index (χ2v) is 3.35. The van der Waals surface area contributed by atoms with E-state index in [1.54, 1.807) is 0 Å². The van der Waals surface area contributed by atoms with Gasteiger partial charge in [-0.15, -0.1) is 0 Å². The molecular weight excluding hydrogens is 228 g/mol. The van der Waals surface area contributed by atoms with Gasteiger partial charge < -0.3 is 5.11 Å². The molecule has 0 radical (unpaired) electrons. The summed E-state index contributed by atoms with van der Waals surface area (Å²) in [4.78, 5) is 20.1. The zero-order valence-corrected chi connectivity index (χ0v) is 8.36. The predicted octanol–water partition coefficient (Wildman–Crippen LogP) is 2.36. The Morgan fingerprint density at radius 1 is 0.941 bits per heavy atom. The topological polar surface area (TPSA) is 107 Å².